The van der Waals surface area contributed by atoms with E-state index in [0.29, 0.717) is 6.54 Å². The van der Waals surface area contributed by atoms with E-state index < -0.39 is 16.7 Å². The Morgan fingerprint density at radius 1 is 1.15 bits per heavy atom. The fourth-order valence-electron chi connectivity index (χ4n) is 4.56. The average molecular weight is 343 g/mol. The number of allylic oxidation sites excluding steroid dienone is 2. The van der Waals surface area contributed by atoms with E-state index in [-0.39, 0.29) is 17.3 Å². The van der Waals surface area contributed by atoms with Crippen LogP contribution in [0.5, 0.6) is 0 Å². The summed E-state index contributed by atoms with van der Waals surface area (Å²) < 4.78 is 0. The Balaban J connectivity index is 2.44. The second-order valence-corrected chi connectivity index (χ2v) is 7.43. The summed E-state index contributed by atoms with van der Waals surface area (Å²) in [5.41, 5.74) is 6.23. The molecule has 0 spiro atoms. The third kappa shape index (κ3) is 2.17. The second-order valence-electron chi connectivity index (χ2n) is 7.43. The van der Waals surface area contributed by atoms with Gasteiger partial charge in [0.2, 0.25) is 0 Å². The van der Waals surface area contributed by atoms with Crippen LogP contribution < -0.4 is 5.73 Å². The van der Waals surface area contributed by atoms with E-state index in [0.717, 1.165) is 11.1 Å². The summed E-state index contributed by atoms with van der Waals surface area (Å²) in [6, 6.07) is 16.2. The minimum Gasteiger partial charge on any atom is -0.399 e. The number of hydrogen-bond donors (Lipinski definition) is 1. The lowest BCUT2D eigenvalue weighted by molar-refractivity contribution is 0.124. The third-order valence-electron chi connectivity index (χ3n) is 5.93. The van der Waals surface area contributed by atoms with Gasteiger partial charge in [-0.15, -0.1) is 0 Å². The molecule has 1 aliphatic heterocycles. The number of fused-ring (bicyclic) bond motifs is 1. The molecule has 0 radical (unpaired) electrons. The Morgan fingerprint density at radius 2 is 1.77 bits per heavy atom. The van der Waals surface area contributed by atoms with Crippen molar-refractivity contribution in [3.05, 3.63) is 58.8 Å². The maximum Gasteiger partial charge on any atom is 0.191 e. The van der Waals surface area contributed by atoms with Crippen molar-refractivity contribution in [2.24, 2.45) is 16.6 Å². The second kappa shape index (κ2) is 6.03. The van der Waals surface area contributed by atoms with Gasteiger partial charge >= 0.3 is 0 Å². The molecule has 130 valence electrons. The summed E-state index contributed by atoms with van der Waals surface area (Å²) in [6.45, 7) is 4.72. The first-order valence-electron chi connectivity index (χ1n) is 8.56. The van der Waals surface area contributed by atoms with E-state index in [4.69, 9.17) is 5.73 Å². The molecule has 1 aromatic rings. The first kappa shape index (κ1) is 17.7. The fraction of sp³-hybridized carbons (Fsp3) is 0.381. The summed E-state index contributed by atoms with van der Waals surface area (Å²) in [7, 11) is 2.01. The van der Waals surface area contributed by atoms with E-state index in [1.165, 1.54) is 0 Å². The SMILES string of the molecule is CC1C=C2C(C#N)=C(N)C(C#N)(C#N)C(c3ccccc3)C2(C)CN1C. The molecule has 0 fully saturated rings. The molecule has 0 aromatic heterocycles. The number of nitriles is 3. The van der Waals surface area contributed by atoms with Crippen molar-refractivity contribution < 1.29 is 0 Å². The first-order valence-corrected chi connectivity index (χ1v) is 8.56. The van der Waals surface area contributed by atoms with Gasteiger partial charge in [-0.1, -0.05) is 43.3 Å². The van der Waals surface area contributed by atoms with Gasteiger partial charge in [0.1, 0.15) is 6.07 Å². The van der Waals surface area contributed by atoms with E-state index in [9.17, 15) is 15.8 Å². The first-order chi connectivity index (χ1) is 12.4. The normalized spacial score (nSPS) is 30.4. The van der Waals surface area contributed by atoms with Gasteiger partial charge in [0.25, 0.3) is 0 Å². The van der Waals surface area contributed by atoms with Crippen LogP contribution in [0.2, 0.25) is 0 Å². The maximum absolute atomic E-state index is 10.1. The average Bonchev–Trinajstić information content (AvgIpc) is 2.64. The van der Waals surface area contributed by atoms with Crippen LogP contribution in [0.4, 0.5) is 0 Å². The number of benzene rings is 1. The van der Waals surface area contributed by atoms with Gasteiger partial charge in [-0.25, -0.2) is 0 Å². The topological polar surface area (TPSA) is 101 Å². The molecule has 5 heteroatoms. The minimum atomic E-state index is -1.58. The standard InChI is InChI=1S/C21H21N5/c1-14-9-17-16(10-22)19(25)21(11-23,12-24)18(15-7-5-4-6-8-15)20(17,2)13-26(14)3/h4-9,14,18H,13,25H2,1-3H3. The van der Waals surface area contributed by atoms with Crippen molar-refractivity contribution in [1.82, 2.24) is 4.90 Å². The molecule has 2 aliphatic rings. The van der Waals surface area contributed by atoms with Crippen molar-refractivity contribution in [2.45, 2.75) is 25.8 Å². The molecular formula is C21H21N5. The van der Waals surface area contributed by atoms with Crippen LogP contribution in [0.1, 0.15) is 25.3 Å². The molecule has 0 bridgehead atoms. The number of hydrogen-bond acceptors (Lipinski definition) is 5. The molecule has 3 atom stereocenters. The Kier molecular flexibility index (Phi) is 4.11. The van der Waals surface area contributed by atoms with Gasteiger partial charge < -0.3 is 5.73 Å². The van der Waals surface area contributed by atoms with Gasteiger partial charge in [0.15, 0.2) is 5.41 Å². The van der Waals surface area contributed by atoms with Crippen molar-refractivity contribution >= 4 is 0 Å². The molecule has 2 N–H and O–H groups in total. The molecular weight excluding hydrogens is 322 g/mol. The Hall–Kier alpha value is -3.07. The monoisotopic (exact) mass is 343 g/mol. The van der Waals surface area contributed by atoms with Crippen LogP contribution in [-0.2, 0) is 0 Å². The molecule has 1 heterocycles. The molecule has 1 aromatic carbocycles. The van der Waals surface area contributed by atoms with Gasteiger partial charge in [-0.05, 0) is 25.1 Å². The van der Waals surface area contributed by atoms with Crippen LogP contribution in [0.15, 0.2) is 53.3 Å². The molecule has 3 unspecified atom stereocenters. The molecule has 26 heavy (non-hydrogen) atoms. The largest absolute Gasteiger partial charge is 0.399 e. The number of nitrogens with zero attached hydrogens (tertiary/aromatic N) is 4. The Morgan fingerprint density at radius 3 is 2.31 bits per heavy atom. The minimum absolute atomic E-state index is 0.0688. The fourth-order valence-corrected chi connectivity index (χ4v) is 4.56. The highest BCUT2D eigenvalue weighted by molar-refractivity contribution is 5.61. The molecule has 0 saturated heterocycles. The zero-order chi connectivity index (χ0) is 19.1. The molecule has 3 rings (SSSR count). The zero-order valence-electron chi connectivity index (χ0n) is 15.2. The predicted molar refractivity (Wildman–Crippen MR) is 98.0 cm³/mol. The number of rotatable bonds is 1. The lowest BCUT2D eigenvalue weighted by Gasteiger charge is -2.53. The van der Waals surface area contributed by atoms with Crippen molar-refractivity contribution in [1.29, 1.82) is 15.8 Å². The predicted octanol–water partition coefficient (Wildman–Crippen LogP) is 2.82. The van der Waals surface area contributed by atoms with Crippen LogP contribution >= 0.6 is 0 Å². The van der Waals surface area contributed by atoms with E-state index in [1.807, 2.05) is 50.4 Å². The Labute approximate surface area is 154 Å². The van der Waals surface area contributed by atoms with Gasteiger partial charge in [-0.2, -0.15) is 15.8 Å². The third-order valence-corrected chi connectivity index (χ3v) is 5.93. The van der Waals surface area contributed by atoms with Crippen LogP contribution in [-0.4, -0.2) is 24.5 Å². The lowest BCUT2D eigenvalue weighted by atomic mass is 9.51. The summed E-state index contributed by atoms with van der Waals surface area (Å²) >= 11 is 0. The molecule has 1 aliphatic carbocycles. The molecule has 0 saturated carbocycles. The summed E-state index contributed by atoms with van der Waals surface area (Å²) in [6.07, 6.45) is 2.05. The summed E-state index contributed by atoms with van der Waals surface area (Å²) in [5.74, 6) is -0.468. The lowest BCUT2D eigenvalue weighted by Crippen LogP contribution is -2.54. The van der Waals surface area contributed by atoms with E-state index >= 15 is 0 Å². The van der Waals surface area contributed by atoms with Gasteiger partial charge in [0, 0.05) is 23.9 Å². The highest BCUT2D eigenvalue weighted by Crippen LogP contribution is 2.60. The van der Waals surface area contributed by atoms with Crippen molar-refractivity contribution in [3.8, 4) is 18.2 Å². The van der Waals surface area contributed by atoms with E-state index in [1.54, 1.807) is 0 Å². The van der Waals surface area contributed by atoms with Crippen molar-refractivity contribution in [2.75, 3.05) is 13.6 Å². The van der Waals surface area contributed by atoms with Crippen LogP contribution in [0.25, 0.3) is 0 Å². The maximum atomic E-state index is 10.1. The number of nitrogens with two attached hydrogens (primary N) is 1. The van der Waals surface area contributed by atoms with Gasteiger partial charge in [0.05, 0.1) is 23.4 Å². The zero-order valence-corrected chi connectivity index (χ0v) is 15.2. The Bertz CT molecular complexity index is 908. The van der Waals surface area contributed by atoms with Crippen molar-refractivity contribution in [3.63, 3.8) is 0 Å². The number of likely N-dealkylation sites (N-methyl/N-ethyl adjacent to an activating group) is 1. The molecule has 5 nitrogen and oxygen atoms in total. The van der Waals surface area contributed by atoms with Gasteiger partial charge in [-0.3, -0.25) is 4.90 Å². The smallest absolute Gasteiger partial charge is 0.191 e. The van der Waals surface area contributed by atoms with Crippen LogP contribution in [0.3, 0.4) is 0 Å². The highest BCUT2D eigenvalue weighted by atomic mass is 15.1. The highest BCUT2D eigenvalue weighted by Gasteiger charge is 2.60. The summed E-state index contributed by atoms with van der Waals surface area (Å²) in [5, 5.41) is 29.9. The van der Waals surface area contributed by atoms with Crippen LogP contribution in [0, 0.1) is 44.8 Å². The quantitative estimate of drug-likeness (QED) is 0.845. The molecule has 0 amide bonds. The van der Waals surface area contributed by atoms with E-state index in [2.05, 4.69) is 30.0 Å². The summed E-state index contributed by atoms with van der Waals surface area (Å²) in [4.78, 5) is 2.18.